The average Bonchev–Trinajstić information content (AvgIpc) is 3.04. The molecule has 1 fully saturated rings. The minimum Gasteiger partial charge on any atom is -0.457 e. The SMILES string of the molecule is CCCCCC/C=C\CCCCCCCCOCC(COC1OC(CO)C(O)C(O)C1O)OC(=O)CCCCCCCCCC. The first kappa shape index (κ1) is 42.0. The molecule has 1 rings (SSSR count). The van der Waals surface area contributed by atoms with Crippen molar-refractivity contribution in [2.24, 2.45) is 0 Å². The van der Waals surface area contributed by atoms with Crippen LogP contribution in [0.5, 0.6) is 0 Å². The molecule has 1 aliphatic heterocycles. The Balaban J connectivity index is 2.33. The van der Waals surface area contributed by atoms with Gasteiger partial charge >= 0.3 is 5.97 Å². The van der Waals surface area contributed by atoms with Crippen LogP contribution in [0.2, 0.25) is 0 Å². The smallest absolute Gasteiger partial charge is 0.306 e. The molecule has 0 aliphatic carbocycles. The zero-order valence-corrected chi connectivity index (χ0v) is 28.6. The number of hydrogen-bond acceptors (Lipinski definition) is 9. The fourth-order valence-corrected chi connectivity index (χ4v) is 5.48. The van der Waals surface area contributed by atoms with E-state index >= 15 is 0 Å². The number of carbonyl (C=O) groups is 1. The molecule has 0 amide bonds. The molecule has 9 nitrogen and oxygen atoms in total. The zero-order chi connectivity index (χ0) is 33.0. The van der Waals surface area contributed by atoms with Crippen LogP contribution < -0.4 is 0 Å². The molecule has 4 N–H and O–H groups in total. The van der Waals surface area contributed by atoms with E-state index in [1.165, 1.54) is 96.3 Å². The lowest BCUT2D eigenvalue weighted by Crippen LogP contribution is -2.59. The highest BCUT2D eigenvalue weighted by molar-refractivity contribution is 5.69. The van der Waals surface area contributed by atoms with Crippen LogP contribution in [-0.2, 0) is 23.7 Å². The van der Waals surface area contributed by atoms with Gasteiger partial charge in [-0.25, -0.2) is 0 Å². The summed E-state index contributed by atoms with van der Waals surface area (Å²) < 4.78 is 22.6. The summed E-state index contributed by atoms with van der Waals surface area (Å²) in [5.74, 6) is -0.321. The van der Waals surface area contributed by atoms with E-state index in [0.717, 1.165) is 32.1 Å². The molecule has 0 aromatic heterocycles. The van der Waals surface area contributed by atoms with Crippen LogP contribution in [0.1, 0.15) is 149 Å². The van der Waals surface area contributed by atoms with Crippen molar-refractivity contribution >= 4 is 5.97 Å². The maximum absolute atomic E-state index is 12.6. The number of carbonyl (C=O) groups excluding carboxylic acids is 1. The van der Waals surface area contributed by atoms with Gasteiger partial charge in [0.1, 0.15) is 30.5 Å². The second-order valence-corrected chi connectivity index (χ2v) is 12.7. The summed E-state index contributed by atoms with van der Waals surface area (Å²) >= 11 is 0. The van der Waals surface area contributed by atoms with Crippen LogP contribution >= 0.6 is 0 Å². The van der Waals surface area contributed by atoms with Gasteiger partial charge in [-0.05, 0) is 38.5 Å². The minimum atomic E-state index is -1.53. The molecule has 0 saturated carbocycles. The van der Waals surface area contributed by atoms with Crippen LogP contribution in [0, 0.1) is 0 Å². The summed E-state index contributed by atoms with van der Waals surface area (Å²) in [7, 11) is 0. The zero-order valence-electron chi connectivity index (χ0n) is 28.6. The fourth-order valence-electron chi connectivity index (χ4n) is 5.48. The van der Waals surface area contributed by atoms with E-state index in [2.05, 4.69) is 26.0 Å². The highest BCUT2D eigenvalue weighted by atomic mass is 16.7. The molecule has 0 aromatic carbocycles. The fraction of sp³-hybridized carbons (Fsp3) is 0.917. The molecule has 0 aromatic rings. The standard InChI is InChI=1S/C36H68O9/c1-3-5-7-9-11-13-14-15-16-17-18-20-22-24-26-42-28-30(44-32(38)25-23-21-19-12-10-8-6-4-2)29-43-36-35(41)34(40)33(39)31(27-37)45-36/h13-14,30-31,33-37,39-41H,3-12,15-29H2,1-2H3/b14-13-. The lowest BCUT2D eigenvalue weighted by atomic mass is 9.99. The maximum atomic E-state index is 12.6. The van der Waals surface area contributed by atoms with Crippen LogP contribution in [0.4, 0.5) is 0 Å². The van der Waals surface area contributed by atoms with Gasteiger partial charge in [0.15, 0.2) is 6.29 Å². The molecule has 9 heteroatoms. The van der Waals surface area contributed by atoms with E-state index in [1.807, 2.05) is 0 Å². The van der Waals surface area contributed by atoms with Gasteiger partial charge in [0.2, 0.25) is 0 Å². The van der Waals surface area contributed by atoms with Gasteiger partial charge < -0.3 is 39.4 Å². The first-order chi connectivity index (χ1) is 21.9. The van der Waals surface area contributed by atoms with Crippen molar-refractivity contribution in [2.45, 2.75) is 185 Å². The van der Waals surface area contributed by atoms with Crippen molar-refractivity contribution < 1.29 is 44.2 Å². The molecule has 1 heterocycles. The van der Waals surface area contributed by atoms with Crippen LogP contribution in [-0.4, -0.2) is 89.6 Å². The van der Waals surface area contributed by atoms with Crippen molar-refractivity contribution in [3.63, 3.8) is 0 Å². The maximum Gasteiger partial charge on any atom is 0.306 e. The second-order valence-electron chi connectivity index (χ2n) is 12.7. The molecule has 0 radical (unpaired) electrons. The summed E-state index contributed by atoms with van der Waals surface area (Å²) in [4.78, 5) is 12.6. The monoisotopic (exact) mass is 644 g/mol. The van der Waals surface area contributed by atoms with Gasteiger partial charge in [-0.3, -0.25) is 4.79 Å². The average molecular weight is 645 g/mol. The number of ether oxygens (including phenoxy) is 4. The number of rotatable bonds is 30. The number of aliphatic hydroxyl groups is 4. The predicted octanol–water partition coefficient (Wildman–Crippen LogP) is 6.52. The number of allylic oxidation sites excluding steroid dienone is 2. The first-order valence-corrected chi connectivity index (χ1v) is 18.3. The normalized spacial score (nSPS) is 22.7. The Bertz CT molecular complexity index is 702. The Morgan fingerprint density at radius 2 is 1.22 bits per heavy atom. The molecule has 266 valence electrons. The predicted molar refractivity (Wildman–Crippen MR) is 178 cm³/mol. The van der Waals surface area contributed by atoms with Crippen LogP contribution in [0.15, 0.2) is 12.2 Å². The van der Waals surface area contributed by atoms with Crippen molar-refractivity contribution in [3.8, 4) is 0 Å². The molecule has 6 atom stereocenters. The second kappa shape index (κ2) is 29.1. The summed E-state index contributed by atoms with van der Waals surface area (Å²) in [5, 5.41) is 39.8. The van der Waals surface area contributed by atoms with Gasteiger partial charge in [-0.2, -0.15) is 0 Å². The Kier molecular flexibility index (Phi) is 27.1. The van der Waals surface area contributed by atoms with E-state index in [4.69, 9.17) is 18.9 Å². The molecule has 1 aliphatic rings. The van der Waals surface area contributed by atoms with E-state index < -0.39 is 43.4 Å². The number of unbranched alkanes of at least 4 members (excludes halogenated alkanes) is 17. The Morgan fingerprint density at radius 1 is 0.689 bits per heavy atom. The van der Waals surface area contributed by atoms with E-state index in [0.29, 0.717) is 13.0 Å². The third-order valence-corrected chi connectivity index (χ3v) is 8.43. The quantitative estimate of drug-likeness (QED) is 0.0392. The van der Waals surface area contributed by atoms with Crippen LogP contribution in [0.25, 0.3) is 0 Å². The third-order valence-electron chi connectivity index (χ3n) is 8.43. The van der Waals surface area contributed by atoms with Crippen molar-refractivity contribution in [2.75, 3.05) is 26.4 Å². The molecular weight excluding hydrogens is 576 g/mol. The Hall–Kier alpha value is -1.07. The minimum absolute atomic E-state index is 0.112. The van der Waals surface area contributed by atoms with Gasteiger partial charge in [0.05, 0.1) is 19.8 Å². The third kappa shape index (κ3) is 21.4. The van der Waals surface area contributed by atoms with Gasteiger partial charge in [0, 0.05) is 13.0 Å². The van der Waals surface area contributed by atoms with E-state index in [9.17, 15) is 25.2 Å². The number of esters is 1. The van der Waals surface area contributed by atoms with E-state index in [-0.39, 0.29) is 19.2 Å². The summed E-state index contributed by atoms with van der Waals surface area (Å²) in [6.45, 7) is 4.49. The van der Waals surface area contributed by atoms with Crippen molar-refractivity contribution in [3.05, 3.63) is 12.2 Å². The molecular formula is C36H68O9. The van der Waals surface area contributed by atoms with Gasteiger partial charge in [-0.1, -0.05) is 116 Å². The highest BCUT2D eigenvalue weighted by Gasteiger charge is 2.44. The largest absolute Gasteiger partial charge is 0.457 e. The summed E-state index contributed by atoms with van der Waals surface area (Å²) in [6.07, 6.45) is 21.0. The topological polar surface area (TPSA) is 135 Å². The highest BCUT2D eigenvalue weighted by Crippen LogP contribution is 2.22. The first-order valence-electron chi connectivity index (χ1n) is 18.3. The molecule has 6 unspecified atom stereocenters. The van der Waals surface area contributed by atoms with Crippen molar-refractivity contribution in [1.82, 2.24) is 0 Å². The Labute approximate surface area is 274 Å². The number of hydrogen-bond donors (Lipinski definition) is 4. The summed E-state index contributed by atoms with van der Waals surface area (Å²) in [6, 6.07) is 0. The van der Waals surface area contributed by atoms with Crippen LogP contribution in [0.3, 0.4) is 0 Å². The lowest BCUT2D eigenvalue weighted by Gasteiger charge is -2.39. The molecule has 1 saturated heterocycles. The Morgan fingerprint density at radius 3 is 1.82 bits per heavy atom. The van der Waals surface area contributed by atoms with Gasteiger partial charge in [-0.15, -0.1) is 0 Å². The molecule has 0 spiro atoms. The van der Waals surface area contributed by atoms with E-state index in [1.54, 1.807) is 0 Å². The van der Waals surface area contributed by atoms with Gasteiger partial charge in [0.25, 0.3) is 0 Å². The number of aliphatic hydroxyl groups excluding tert-OH is 4. The summed E-state index contributed by atoms with van der Waals surface area (Å²) in [5.41, 5.74) is 0. The lowest BCUT2D eigenvalue weighted by molar-refractivity contribution is -0.305. The molecule has 0 bridgehead atoms. The molecule has 45 heavy (non-hydrogen) atoms. The van der Waals surface area contributed by atoms with Crippen molar-refractivity contribution in [1.29, 1.82) is 0 Å².